The molecule has 27 heavy (non-hydrogen) atoms. The summed E-state index contributed by atoms with van der Waals surface area (Å²) in [5, 5.41) is 5.70. The van der Waals surface area contributed by atoms with E-state index in [2.05, 4.69) is 16.4 Å². The maximum absolute atomic E-state index is 12.6. The van der Waals surface area contributed by atoms with Crippen molar-refractivity contribution >= 4 is 28.0 Å². The highest BCUT2D eigenvalue weighted by Gasteiger charge is 2.19. The van der Waals surface area contributed by atoms with Crippen LogP contribution in [-0.4, -0.2) is 14.1 Å². The molecule has 3 aromatic rings. The highest BCUT2D eigenvalue weighted by atomic mass is 32.1. The van der Waals surface area contributed by atoms with Crippen LogP contribution in [0, 0.1) is 13.8 Å². The molecular weight excluding hydrogens is 362 g/mol. The van der Waals surface area contributed by atoms with Crippen molar-refractivity contribution in [2.45, 2.75) is 33.7 Å². The average Bonchev–Trinajstić information content (AvgIpc) is 3.04. The molecule has 0 atom stereocenters. The van der Waals surface area contributed by atoms with Gasteiger partial charge < -0.3 is 11.1 Å². The second-order valence-corrected chi connectivity index (χ2v) is 7.46. The van der Waals surface area contributed by atoms with Crippen molar-refractivity contribution in [2.75, 3.05) is 11.1 Å². The first kappa shape index (κ1) is 18.9. The molecule has 3 N–H and O–H groups in total. The first-order valence-corrected chi connectivity index (χ1v) is 9.60. The Morgan fingerprint density at radius 3 is 2.48 bits per heavy atom. The van der Waals surface area contributed by atoms with Gasteiger partial charge >= 0.3 is 5.69 Å². The van der Waals surface area contributed by atoms with Crippen molar-refractivity contribution in [3.63, 3.8) is 0 Å². The molecule has 0 saturated heterocycles. The molecule has 3 rings (SSSR count). The fourth-order valence-electron chi connectivity index (χ4n) is 3.08. The Hall–Kier alpha value is -2.87. The number of nitrogens with one attached hydrogen (secondary N) is 1. The largest absolute Gasteiger partial charge is 0.384 e. The highest BCUT2D eigenvalue weighted by molar-refractivity contribution is 7.14. The van der Waals surface area contributed by atoms with E-state index in [1.54, 1.807) is 5.38 Å². The van der Waals surface area contributed by atoms with Crippen LogP contribution < -0.4 is 22.3 Å². The standard InChI is InChI=1S/C19H23N5O2S/c1-5-6-24-16(20)15(17(25)23(4)19(24)26)14-10-27-18(22-14)21-13-8-11(2)7-12(3)9-13/h7-10H,5-6,20H2,1-4H3,(H,21,22). The summed E-state index contributed by atoms with van der Waals surface area (Å²) in [7, 11) is 1.46. The lowest BCUT2D eigenvalue weighted by atomic mass is 10.1. The minimum absolute atomic E-state index is 0.160. The predicted molar refractivity (Wildman–Crippen MR) is 111 cm³/mol. The van der Waals surface area contributed by atoms with Gasteiger partial charge in [-0.25, -0.2) is 9.78 Å². The maximum atomic E-state index is 12.6. The molecule has 0 aliphatic heterocycles. The maximum Gasteiger partial charge on any atom is 0.332 e. The number of nitrogens with zero attached hydrogens (tertiary/aromatic N) is 3. The molecule has 2 heterocycles. The number of hydrogen-bond donors (Lipinski definition) is 2. The van der Waals surface area contributed by atoms with E-state index in [-0.39, 0.29) is 11.4 Å². The summed E-state index contributed by atoms with van der Waals surface area (Å²) < 4.78 is 2.50. The van der Waals surface area contributed by atoms with Crippen LogP contribution >= 0.6 is 11.3 Å². The van der Waals surface area contributed by atoms with Gasteiger partial charge in [0.05, 0.1) is 5.69 Å². The monoisotopic (exact) mass is 385 g/mol. The van der Waals surface area contributed by atoms with Crippen LogP contribution in [0.25, 0.3) is 11.3 Å². The molecule has 7 nitrogen and oxygen atoms in total. The number of rotatable bonds is 5. The van der Waals surface area contributed by atoms with Crippen LogP contribution in [0.5, 0.6) is 0 Å². The fourth-order valence-corrected chi connectivity index (χ4v) is 3.80. The minimum atomic E-state index is -0.437. The molecule has 1 aromatic carbocycles. The molecule has 142 valence electrons. The Labute approximate surface area is 161 Å². The van der Waals surface area contributed by atoms with Crippen LogP contribution in [0.4, 0.5) is 16.6 Å². The number of nitrogens with two attached hydrogens (primary N) is 1. The average molecular weight is 385 g/mol. The summed E-state index contributed by atoms with van der Waals surface area (Å²) in [4.78, 5) is 29.5. The third-order valence-corrected chi connectivity index (χ3v) is 5.02. The van der Waals surface area contributed by atoms with Gasteiger partial charge in [-0.15, -0.1) is 11.3 Å². The molecular formula is C19H23N5O2S. The van der Waals surface area contributed by atoms with E-state index >= 15 is 0 Å². The van der Waals surface area contributed by atoms with Crippen LogP contribution in [0.15, 0.2) is 33.2 Å². The van der Waals surface area contributed by atoms with Crippen molar-refractivity contribution in [2.24, 2.45) is 7.05 Å². The predicted octanol–water partition coefficient (Wildman–Crippen LogP) is 3.02. The van der Waals surface area contributed by atoms with Gasteiger partial charge in [0, 0.05) is 24.7 Å². The molecule has 0 amide bonds. The summed E-state index contributed by atoms with van der Waals surface area (Å²) in [5.41, 5.74) is 9.29. The second kappa shape index (κ2) is 7.40. The summed E-state index contributed by atoms with van der Waals surface area (Å²) in [5.74, 6) is 0.160. The SMILES string of the molecule is CCCn1c(N)c(-c2csc(Nc3cc(C)cc(C)c3)n2)c(=O)n(C)c1=O. The third-order valence-electron chi connectivity index (χ3n) is 4.26. The van der Waals surface area contributed by atoms with Crippen molar-refractivity contribution in [3.8, 4) is 11.3 Å². The van der Waals surface area contributed by atoms with Gasteiger partial charge in [-0.1, -0.05) is 13.0 Å². The van der Waals surface area contributed by atoms with E-state index in [0.717, 1.165) is 27.8 Å². The second-order valence-electron chi connectivity index (χ2n) is 6.60. The number of aromatic nitrogens is 3. The number of nitrogen functional groups attached to an aromatic ring is 1. The normalized spacial score (nSPS) is 11.0. The molecule has 0 bridgehead atoms. The summed E-state index contributed by atoms with van der Waals surface area (Å²) in [6.07, 6.45) is 0.734. The molecule has 0 saturated carbocycles. The lowest BCUT2D eigenvalue weighted by molar-refractivity contribution is 0.600. The molecule has 0 aliphatic carbocycles. The Morgan fingerprint density at radius 2 is 1.85 bits per heavy atom. The number of anilines is 3. The van der Waals surface area contributed by atoms with E-state index in [4.69, 9.17) is 5.73 Å². The summed E-state index contributed by atoms with van der Waals surface area (Å²) in [6, 6.07) is 6.16. The Kier molecular flexibility index (Phi) is 5.18. The smallest absolute Gasteiger partial charge is 0.332 e. The van der Waals surface area contributed by atoms with Crippen molar-refractivity contribution in [3.05, 3.63) is 55.5 Å². The van der Waals surface area contributed by atoms with E-state index < -0.39 is 11.2 Å². The highest BCUT2D eigenvalue weighted by Crippen LogP contribution is 2.28. The molecule has 2 aromatic heterocycles. The molecule has 0 radical (unpaired) electrons. The first-order chi connectivity index (χ1) is 12.8. The van der Waals surface area contributed by atoms with E-state index in [0.29, 0.717) is 17.4 Å². The van der Waals surface area contributed by atoms with E-state index in [9.17, 15) is 9.59 Å². The quantitative estimate of drug-likeness (QED) is 0.704. The number of thiazole rings is 1. The topological polar surface area (TPSA) is 94.9 Å². The van der Waals surface area contributed by atoms with E-state index in [1.165, 1.54) is 23.0 Å². The minimum Gasteiger partial charge on any atom is -0.384 e. The summed E-state index contributed by atoms with van der Waals surface area (Å²) >= 11 is 1.38. The molecule has 8 heteroatoms. The Balaban J connectivity index is 2.04. The number of hydrogen-bond acceptors (Lipinski definition) is 6. The van der Waals surface area contributed by atoms with Gasteiger partial charge in [-0.05, 0) is 43.5 Å². The Bertz CT molecular complexity index is 1090. The van der Waals surface area contributed by atoms with E-state index in [1.807, 2.05) is 32.9 Å². The van der Waals surface area contributed by atoms with Crippen molar-refractivity contribution in [1.29, 1.82) is 0 Å². The fraction of sp³-hybridized carbons (Fsp3) is 0.316. The van der Waals surface area contributed by atoms with Crippen LogP contribution in [0.2, 0.25) is 0 Å². The van der Waals surface area contributed by atoms with Crippen molar-refractivity contribution < 1.29 is 0 Å². The zero-order chi connectivity index (χ0) is 19.7. The molecule has 0 fully saturated rings. The number of aryl methyl sites for hydroxylation is 2. The van der Waals surface area contributed by atoms with Gasteiger partial charge in [0.25, 0.3) is 5.56 Å². The first-order valence-electron chi connectivity index (χ1n) is 8.72. The third kappa shape index (κ3) is 3.66. The van der Waals surface area contributed by atoms with Gasteiger partial charge in [-0.2, -0.15) is 0 Å². The molecule has 0 spiro atoms. The lowest BCUT2D eigenvalue weighted by Gasteiger charge is -2.13. The molecule has 0 aliphatic rings. The van der Waals surface area contributed by atoms with Gasteiger partial charge in [0.15, 0.2) is 5.13 Å². The van der Waals surface area contributed by atoms with Crippen LogP contribution in [-0.2, 0) is 13.6 Å². The van der Waals surface area contributed by atoms with Crippen LogP contribution in [0.1, 0.15) is 24.5 Å². The van der Waals surface area contributed by atoms with Gasteiger partial charge in [0.2, 0.25) is 0 Å². The zero-order valence-electron chi connectivity index (χ0n) is 15.9. The number of benzene rings is 1. The lowest BCUT2D eigenvalue weighted by Crippen LogP contribution is -2.40. The van der Waals surface area contributed by atoms with Crippen molar-refractivity contribution in [1.82, 2.24) is 14.1 Å². The Morgan fingerprint density at radius 1 is 1.19 bits per heavy atom. The zero-order valence-corrected chi connectivity index (χ0v) is 16.7. The van der Waals surface area contributed by atoms with Gasteiger partial charge in [-0.3, -0.25) is 13.9 Å². The summed E-state index contributed by atoms with van der Waals surface area (Å²) in [6.45, 7) is 6.47. The van der Waals surface area contributed by atoms with Crippen LogP contribution in [0.3, 0.4) is 0 Å². The molecule has 0 unspecified atom stereocenters. The van der Waals surface area contributed by atoms with Gasteiger partial charge in [0.1, 0.15) is 11.4 Å².